The van der Waals surface area contributed by atoms with Crippen LogP contribution in [0.15, 0.2) is 68.0 Å². The van der Waals surface area contributed by atoms with Gasteiger partial charge in [-0.15, -0.1) is 0 Å². The van der Waals surface area contributed by atoms with E-state index in [9.17, 15) is 24.0 Å². The molecule has 0 bridgehead atoms. The molecule has 0 aliphatic carbocycles. The highest BCUT2D eigenvalue weighted by molar-refractivity contribution is 5.93. The van der Waals surface area contributed by atoms with E-state index < -0.39 is 17.2 Å². The number of hydrogen-bond acceptors (Lipinski definition) is 5. The Balaban J connectivity index is 1.39. The van der Waals surface area contributed by atoms with E-state index in [2.05, 4.69) is 29.1 Å². The van der Waals surface area contributed by atoms with Crippen molar-refractivity contribution in [3.8, 4) is 0 Å². The minimum absolute atomic E-state index is 0.0956. The van der Waals surface area contributed by atoms with Crippen LogP contribution in [0.25, 0.3) is 10.8 Å². The number of nitrogens with zero attached hydrogens (tertiary/aromatic N) is 2. The fourth-order valence-corrected chi connectivity index (χ4v) is 5.87. The summed E-state index contributed by atoms with van der Waals surface area (Å²) in [5.41, 5.74) is 0.226. The van der Waals surface area contributed by atoms with E-state index in [-0.39, 0.29) is 23.4 Å². The molecular formula is C37H49N5O5. The van der Waals surface area contributed by atoms with Crippen LogP contribution in [-0.4, -0.2) is 25.0 Å². The Bertz CT molecular complexity index is 1870. The van der Waals surface area contributed by atoms with Crippen LogP contribution in [-0.2, 0) is 26.1 Å². The normalized spacial score (nSPS) is 11.3. The summed E-state index contributed by atoms with van der Waals surface area (Å²) in [6.07, 6.45) is 16.5. The van der Waals surface area contributed by atoms with E-state index in [4.69, 9.17) is 0 Å². The van der Waals surface area contributed by atoms with Gasteiger partial charge in [0.25, 0.3) is 17.0 Å². The largest absolute Gasteiger partial charge is 0.348 e. The third-order valence-corrected chi connectivity index (χ3v) is 8.66. The molecule has 10 heteroatoms. The third-order valence-electron chi connectivity index (χ3n) is 8.66. The number of nitrogens with one attached hydrogen (secondary N) is 3. The lowest BCUT2D eigenvalue weighted by molar-refractivity contribution is 0.0948. The summed E-state index contributed by atoms with van der Waals surface area (Å²) in [6.45, 7) is 5.56. The van der Waals surface area contributed by atoms with Crippen molar-refractivity contribution in [3.05, 3.63) is 113 Å². The summed E-state index contributed by atoms with van der Waals surface area (Å²) in [4.78, 5) is 67.5. The molecule has 0 unspecified atom stereocenters. The number of benzene rings is 2. The van der Waals surface area contributed by atoms with Gasteiger partial charge in [0.15, 0.2) is 0 Å². The van der Waals surface area contributed by atoms with Gasteiger partial charge in [-0.1, -0.05) is 108 Å². The van der Waals surface area contributed by atoms with E-state index >= 15 is 0 Å². The number of aromatic nitrogens is 4. The maximum atomic E-state index is 13.0. The van der Waals surface area contributed by atoms with Crippen LogP contribution in [0.1, 0.15) is 118 Å². The number of fused-ring (bicyclic) bond motifs is 1. The van der Waals surface area contributed by atoms with Crippen molar-refractivity contribution >= 4 is 16.7 Å². The summed E-state index contributed by atoms with van der Waals surface area (Å²) in [7, 11) is 0. The van der Waals surface area contributed by atoms with Crippen LogP contribution in [0, 0.1) is 0 Å². The molecule has 2 aromatic heterocycles. The first kappa shape index (κ1) is 35.4. The molecule has 2 aromatic carbocycles. The van der Waals surface area contributed by atoms with Crippen molar-refractivity contribution < 1.29 is 4.79 Å². The number of H-pyrrole nitrogens is 2. The van der Waals surface area contributed by atoms with Crippen molar-refractivity contribution in [2.45, 2.75) is 117 Å². The Morgan fingerprint density at radius 1 is 0.638 bits per heavy atom. The number of rotatable bonds is 19. The first-order chi connectivity index (χ1) is 22.8. The second-order valence-corrected chi connectivity index (χ2v) is 12.5. The number of aromatic amines is 2. The summed E-state index contributed by atoms with van der Waals surface area (Å²) >= 11 is 0. The predicted octanol–water partition coefficient (Wildman–Crippen LogP) is 5.78. The molecule has 4 aromatic rings. The smallest absolute Gasteiger partial charge is 0.328 e. The second kappa shape index (κ2) is 18.0. The minimum atomic E-state index is -0.705. The molecule has 0 spiro atoms. The topological polar surface area (TPSA) is 139 Å². The molecule has 0 fully saturated rings. The number of amides is 1. The van der Waals surface area contributed by atoms with E-state index in [0.29, 0.717) is 25.1 Å². The van der Waals surface area contributed by atoms with Gasteiger partial charge < -0.3 is 9.88 Å². The van der Waals surface area contributed by atoms with E-state index in [1.54, 1.807) is 10.8 Å². The maximum Gasteiger partial charge on any atom is 0.328 e. The van der Waals surface area contributed by atoms with Gasteiger partial charge in [0.1, 0.15) is 5.56 Å². The van der Waals surface area contributed by atoms with Crippen LogP contribution in [0.3, 0.4) is 0 Å². The molecule has 0 aliphatic rings. The first-order valence-corrected chi connectivity index (χ1v) is 17.2. The number of carbonyl (C=O) groups is 1. The van der Waals surface area contributed by atoms with Gasteiger partial charge in [-0.2, -0.15) is 0 Å². The molecule has 0 atom stereocenters. The number of hydrogen-bond donors (Lipinski definition) is 3. The summed E-state index contributed by atoms with van der Waals surface area (Å²) in [5, 5.41) is 4.75. The lowest BCUT2D eigenvalue weighted by Gasteiger charge is -2.10. The van der Waals surface area contributed by atoms with Crippen LogP contribution in [0.4, 0.5) is 0 Å². The van der Waals surface area contributed by atoms with Crippen LogP contribution in [0.2, 0.25) is 0 Å². The fraction of sp³-hybridized carbons (Fsp3) is 0.486. The van der Waals surface area contributed by atoms with Gasteiger partial charge in [0, 0.05) is 44.0 Å². The third kappa shape index (κ3) is 10.5. The molecular weight excluding hydrogens is 594 g/mol. The molecule has 4 rings (SSSR count). The molecule has 47 heavy (non-hydrogen) atoms. The highest BCUT2D eigenvalue weighted by Gasteiger charge is 2.14. The zero-order valence-electron chi connectivity index (χ0n) is 27.9. The van der Waals surface area contributed by atoms with Crippen molar-refractivity contribution in [1.82, 2.24) is 24.4 Å². The van der Waals surface area contributed by atoms with Crippen LogP contribution in [0.5, 0.6) is 0 Å². The molecule has 0 saturated heterocycles. The Morgan fingerprint density at radius 3 is 1.81 bits per heavy atom. The zero-order valence-corrected chi connectivity index (χ0v) is 27.9. The standard InChI is InChI=1S/C37H49N5O5/c1-3-5-7-9-11-13-19-41-25-31(33(43)39-36(41)46)22-27-15-17-29-18-16-28(23-30(29)21-27)24-38-34(44)32-26-42(37(47)40-35(32)45)20-14-12-10-8-6-4-2/h15-18,21,23,25-26H,3-14,19-20,22,24H2,1-2H3,(H,38,44)(H,39,43,46)(H,40,45,47). The summed E-state index contributed by atoms with van der Waals surface area (Å²) in [6, 6.07) is 11.8. The molecule has 2 heterocycles. The zero-order chi connectivity index (χ0) is 33.6. The van der Waals surface area contributed by atoms with Crippen molar-refractivity contribution in [1.29, 1.82) is 0 Å². The van der Waals surface area contributed by atoms with Crippen molar-refractivity contribution in [3.63, 3.8) is 0 Å². The van der Waals surface area contributed by atoms with E-state index in [1.165, 1.54) is 42.9 Å². The highest BCUT2D eigenvalue weighted by atomic mass is 16.2. The quantitative estimate of drug-likeness (QED) is 0.111. The molecule has 252 valence electrons. The van der Waals surface area contributed by atoms with Crippen molar-refractivity contribution in [2.75, 3.05) is 0 Å². The monoisotopic (exact) mass is 643 g/mol. The number of carbonyl (C=O) groups excluding carboxylic acids is 1. The number of aryl methyl sites for hydroxylation is 2. The summed E-state index contributed by atoms with van der Waals surface area (Å²) < 4.78 is 3.00. The number of unbranched alkanes of at least 4 members (excludes halogenated alkanes) is 10. The average molecular weight is 644 g/mol. The lowest BCUT2D eigenvalue weighted by Crippen LogP contribution is -2.36. The van der Waals surface area contributed by atoms with Crippen LogP contribution >= 0.6 is 0 Å². The maximum absolute atomic E-state index is 13.0. The Labute approximate surface area is 275 Å². The molecule has 10 nitrogen and oxygen atoms in total. The molecule has 3 N–H and O–H groups in total. The van der Waals surface area contributed by atoms with Gasteiger partial charge in [0.2, 0.25) is 0 Å². The first-order valence-electron chi connectivity index (χ1n) is 17.2. The SMILES string of the molecule is CCCCCCCCn1cc(Cc2ccc3ccc(CNC(=O)c4cn(CCCCCCCC)c(=O)[nH]c4=O)cc3c2)c(=O)[nH]c1=O. The van der Waals surface area contributed by atoms with Gasteiger partial charge >= 0.3 is 11.4 Å². The Hall–Kier alpha value is -4.47. The molecule has 0 radical (unpaired) electrons. The Kier molecular flexibility index (Phi) is 13.6. The highest BCUT2D eigenvalue weighted by Crippen LogP contribution is 2.20. The Morgan fingerprint density at radius 2 is 1.17 bits per heavy atom. The fourth-order valence-electron chi connectivity index (χ4n) is 5.87. The van der Waals surface area contributed by atoms with Gasteiger partial charge in [-0.05, 0) is 40.8 Å². The second-order valence-electron chi connectivity index (χ2n) is 12.5. The minimum Gasteiger partial charge on any atom is -0.348 e. The van der Waals surface area contributed by atoms with Gasteiger partial charge in [0.05, 0.1) is 0 Å². The summed E-state index contributed by atoms with van der Waals surface area (Å²) in [5.74, 6) is -0.549. The van der Waals surface area contributed by atoms with E-state index in [0.717, 1.165) is 66.8 Å². The molecule has 0 aliphatic heterocycles. The predicted molar refractivity (Wildman–Crippen MR) is 187 cm³/mol. The van der Waals surface area contributed by atoms with Crippen LogP contribution < -0.4 is 27.8 Å². The van der Waals surface area contributed by atoms with E-state index in [1.807, 2.05) is 36.4 Å². The molecule has 0 saturated carbocycles. The van der Waals surface area contributed by atoms with Gasteiger partial charge in [-0.3, -0.25) is 28.9 Å². The average Bonchev–Trinajstić information content (AvgIpc) is 3.05. The molecule has 1 amide bonds. The van der Waals surface area contributed by atoms with Crippen molar-refractivity contribution in [2.24, 2.45) is 0 Å². The lowest BCUT2D eigenvalue weighted by atomic mass is 10.0. The van der Waals surface area contributed by atoms with Gasteiger partial charge in [-0.25, -0.2) is 9.59 Å².